The Morgan fingerprint density at radius 3 is 2.64 bits per heavy atom. The average Bonchev–Trinajstić information content (AvgIpc) is 2.82. The summed E-state index contributed by atoms with van der Waals surface area (Å²) in [5, 5.41) is 11.1. The van der Waals surface area contributed by atoms with E-state index < -0.39 is 10.0 Å². The molecule has 0 saturated carbocycles. The van der Waals surface area contributed by atoms with Crippen molar-refractivity contribution in [2.75, 3.05) is 20.7 Å². The van der Waals surface area contributed by atoms with E-state index >= 15 is 0 Å². The van der Waals surface area contributed by atoms with Gasteiger partial charge in [0.1, 0.15) is 0 Å². The molecule has 0 amide bonds. The normalized spacial score (nSPS) is 15.4. The number of methoxy groups -OCH3 is 1. The van der Waals surface area contributed by atoms with E-state index in [0.717, 1.165) is 35.2 Å². The van der Waals surface area contributed by atoms with Crippen LogP contribution in [0, 0.1) is 6.92 Å². The molecule has 0 saturated heterocycles. The number of phenolic OH excluding ortho intramolecular Hbond substituents is 1. The summed E-state index contributed by atoms with van der Waals surface area (Å²) in [7, 11) is -0.384. The second kappa shape index (κ2) is 6.83. The standard InChI is InChI=1S/C21H24N2O4S/c1-14-6-8-19-16(11-14)17-13-22(2)10-4-5-18(17)23(19)28(25,26)15-7-9-21(27-3)20(24)12-15/h6-9,11-12,24H,4-5,10,13H2,1-3H3. The second-order valence-corrected chi connectivity index (χ2v) is 9.18. The van der Waals surface area contributed by atoms with Crippen molar-refractivity contribution in [2.24, 2.45) is 0 Å². The fraction of sp³-hybridized carbons (Fsp3) is 0.333. The molecule has 1 N–H and O–H groups in total. The molecule has 0 aliphatic carbocycles. The first-order valence-corrected chi connectivity index (χ1v) is 10.7. The molecule has 6 nitrogen and oxygen atoms in total. The van der Waals surface area contributed by atoms with E-state index in [-0.39, 0.29) is 16.4 Å². The first-order chi connectivity index (χ1) is 13.3. The van der Waals surface area contributed by atoms with Gasteiger partial charge in [0.25, 0.3) is 10.0 Å². The summed E-state index contributed by atoms with van der Waals surface area (Å²) in [4.78, 5) is 2.27. The van der Waals surface area contributed by atoms with Gasteiger partial charge >= 0.3 is 0 Å². The number of aromatic nitrogens is 1. The zero-order valence-corrected chi connectivity index (χ0v) is 17.1. The van der Waals surface area contributed by atoms with E-state index in [0.29, 0.717) is 18.5 Å². The number of aromatic hydroxyl groups is 1. The van der Waals surface area contributed by atoms with Crippen LogP contribution < -0.4 is 4.74 Å². The molecule has 148 valence electrons. The van der Waals surface area contributed by atoms with Gasteiger partial charge in [-0.1, -0.05) is 11.6 Å². The fourth-order valence-corrected chi connectivity index (χ4v) is 5.62. The van der Waals surface area contributed by atoms with Crippen LogP contribution in [0.2, 0.25) is 0 Å². The van der Waals surface area contributed by atoms with Gasteiger partial charge in [-0.25, -0.2) is 12.4 Å². The van der Waals surface area contributed by atoms with Gasteiger partial charge < -0.3 is 14.7 Å². The Kier molecular flexibility index (Phi) is 4.59. The molecule has 0 unspecified atom stereocenters. The van der Waals surface area contributed by atoms with Crippen LogP contribution >= 0.6 is 0 Å². The molecule has 0 bridgehead atoms. The van der Waals surface area contributed by atoms with Crippen molar-refractivity contribution < 1.29 is 18.3 Å². The lowest BCUT2D eigenvalue weighted by molar-refractivity contribution is 0.333. The van der Waals surface area contributed by atoms with Gasteiger partial charge in [0.05, 0.1) is 17.5 Å². The van der Waals surface area contributed by atoms with Crippen LogP contribution in [0.15, 0.2) is 41.3 Å². The van der Waals surface area contributed by atoms with Crippen molar-refractivity contribution >= 4 is 20.9 Å². The number of rotatable bonds is 3. The van der Waals surface area contributed by atoms with Crippen LogP contribution in [0.3, 0.4) is 0 Å². The first kappa shape index (κ1) is 18.8. The lowest BCUT2D eigenvalue weighted by Crippen LogP contribution is -2.17. The van der Waals surface area contributed by atoms with Crippen LogP contribution in [0.25, 0.3) is 10.9 Å². The van der Waals surface area contributed by atoms with Crippen molar-refractivity contribution in [1.82, 2.24) is 8.87 Å². The minimum Gasteiger partial charge on any atom is -0.504 e. The van der Waals surface area contributed by atoms with Gasteiger partial charge in [0, 0.05) is 23.7 Å². The van der Waals surface area contributed by atoms with Gasteiger partial charge in [0.2, 0.25) is 0 Å². The molecule has 2 heterocycles. The molecule has 1 aliphatic heterocycles. The molecule has 1 aliphatic rings. The maximum Gasteiger partial charge on any atom is 0.268 e. The third kappa shape index (κ3) is 2.95. The Hall–Kier alpha value is -2.51. The lowest BCUT2D eigenvalue weighted by Gasteiger charge is -2.13. The monoisotopic (exact) mass is 400 g/mol. The Bertz CT molecular complexity index is 1160. The Labute approximate surface area is 165 Å². The first-order valence-electron chi connectivity index (χ1n) is 9.27. The quantitative estimate of drug-likeness (QED) is 0.731. The highest BCUT2D eigenvalue weighted by molar-refractivity contribution is 7.90. The Morgan fingerprint density at radius 1 is 1.14 bits per heavy atom. The van der Waals surface area contributed by atoms with Crippen LogP contribution in [0.1, 0.15) is 23.2 Å². The molecule has 3 aromatic rings. The summed E-state index contributed by atoms with van der Waals surface area (Å²) in [6.45, 7) is 3.65. The summed E-state index contributed by atoms with van der Waals surface area (Å²) in [6.07, 6.45) is 1.58. The van der Waals surface area contributed by atoms with Crippen LogP contribution in [0.5, 0.6) is 11.5 Å². The molecule has 0 atom stereocenters. The average molecular weight is 401 g/mol. The van der Waals surface area contributed by atoms with E-state index in [2.05, 4.69) is 18.0 Å². The Morgan fingerprint density at radius 2 is 1.93 bits per heavy atom. The van der Waals surface area contributed by atoms with Gasteiger partial charge in [-0.3, -0.25) is 0 Å². The van der Waals surface area contributed by atoms with Gasteiger partial charge in [-0.15, -0.1) is 0 Å². The van der Waals surface area contributed by atoms with Crippen LogP contribution in [-0.2, 0) is 23.0 Å². The van der Waals surface area contributed by atoms with E-state index in [1.54, 1.807) is 0 Å². The van der Waals surface area contributed by atoms with Crippen molar-refractivity contribution in [3.05, 3.63) is 53.2 Å². The number of benzene rings is 2. The Balaban J connectivity index is 2.00. The third-order valence-electron chi connectivity index (χ3n) is 5.36. The summed E-state index contributed by atoms with van der Waals surface area (Å²) in [5.74, 6) is 0.0501. The van der Waals surface area contributed by atoms with Crippen LogP contribution in [-0.4, -0.2) is 43.1 Å². The number of hydrogen-bond acceptors (Lipinski definition) is 5. The van der Waals surface area contributed by atoms with Crippen molar-refractivity contribution in [2.45, 2.75) is 31.2 Å². The fourth-order valence-electron chi connectivity index (χ4n) is 4.00. The number of phenols is 1. The van der Waals surface area contributed by atoms with Gasteiger partial charge in [-0.05, 0) is 63.2 Å². The number of ether oxygens (including phenoxy) is 1. The van der Waals surface area contributed by atoms with E-state index in [1.165, 1.54) is 29.3 Å². The van der Waals surface area contributed by atoms with Crippen molar-refractivity contribution in [3.8, 4) is 11.5 Å². The number of aryl methyl sites for hydroxylation is 1. The smallest absolute Gasteiger partial charge is 0.268 e. The highest BCUT2D eigenvalue weighted by Gasteiger charge is 2.29. The topological polar surface area (TPSA) is 71.8 Å². The SMILES string of the molecule is COc1ccc(S(=O)(=O)n2c3c(c4cc(C)ccc42)CN(C)CCC3)cc1O. The molecule has 7 heteroatoms. The second-order valence-electron chi connectivity index (χ2n) is 7.39. The predicted molar refractivity (Wildman–Crippen MR) is 109 cm³/mol. The number of hydrogen-bond donors (Lipinski definition) is 1. The molecule has 4 rings (SSSR count). The molecule has 0 spiro atoms. The number of fused-ring (bicyclic) bond motifs is 3. The minimum absolute atomic E-state index is 0.0451. The number of nitrogens with zero attached hydrogens (tertiary/aromatic N) is 2. The highest BCUT2D eigenvalue weighted by Crippen LogP contribution is 2.36. The van der Waals surface area contributed by atoms with E-state index in [4.69, 9.17) is 4.74 Å². The summed E-state index contributed by atoms with van der Waals surface area (Å²) < 4.78 is 33.7. The van der Waals surface area contributed by atoms with Gasteiger partial charge in [-0.2, -0.15) is 0 Å². The van der Waals surface area contributed by atoms with Crippen LogP contribution in [0.4, 0.5) is 0 Å². The van der Waals surface area contributed by atoms with Crippen molar-refractivity contribution in [1.29, 1.82) is 0 Å². The van der Waals surface area contributed by atoms with E-state index in [1.807, 2.05) is 19.1 Å². The summed E-state index contributed by atoms with van der Waals surface area (Å²) in [6, 6.07) is 10.1. The minimum atomic E-state index is -3.88. The molecule has 28 heavy (non-hydrogen) atoms. The molecular weight excluding hydrogens is 376 g/mol. The van der Waals surface area contributed by atoms with E-state index in [9.17, 15) is 13.5 Å². The van der Waals surface area contributed by atoms with Gasteiger partial charge in [0.15, 0.2) is 11.5 Å². The maximum atomic E-state index is 13.6. The highest BCUT2D eigenvalue weighted by atomic mass is 32.2. The molecule has 0 radical (unpaired) electrons. The molecule has 0 fully saturated rings. The largest absolute Gasteiger partial charge is 0.504 e. The zero-order chi connectivity index (χ0) is 20.1. The molecule has 1 aromatic heterocycles. The summed E-state index contributed by atoms with van der Waals surface area (Å²) in [5.41, 5.74) is 3.68. The predicted octanol–water partition coefficient (Wildman–Crippen LogP) is 3.28. The van der Waals surface area contributed by atoms with Crippen molar-refractivity contribution in [3.63, 3.8) is 0 Å². The third-order valence-corrected chi connectivity index (χ3v) is 7.11. The molecule has 2 aromatic carbocycles. The lowest BCUT2D eigenvalue weighted by atomic mass is 10.1. The molecular formula is C21H24N2O4S. The maximum absolute atomic E-state index is 13.6. The zero-order valence-electron chi connectivity index (χ0n) is 16.3. The summed E-state index contributed by atoms with van der Waals surface area (Å²) >= 11 is 0.